The van der Waals surface area contributed by atoms with Gasteiger partial charge in [0.25, 0.3) is 0 Å². The second-order valence-electron chi connectivity index (χ2n) is 1.85. The summed E-state index contributed by atoms with van der Waals surface area (Å²) in [5, 5.41) is 23.9. The number of aryl methyl sites for hydroxylation is 1. The average molecular weight is 135 g/mol. The third kappa shape index (κ3) is 1.03. The number of hydrogen-bond acceptors (Lipinski definition) is 4. The standard InChI is InChI=1S/C6H5N3O/c1-4-2-5(3-7)8-9-6(4)10/h2H,1H3,(H,9,10). The van der Waals surface area contributed by atoms with Crippen molar-refractivity contribution in [2.24, 2.45) is 0 Å². The molecule has 0 saturated carbocycles. The van der Waals surface area contributed by atoms with Crippen molar-refractivity contribution in [2.45, 2.75) is 6.92 Å². The molecule has 0 unspecified atom stereocenters. The van der Waals surface area contributed by atoms with Gasteiger partial charge in [-0.15, -0.1) is 10.2 Å². The molecule has 0 aliphatic carbocycles. The number of aromatic hydroxyl groups is 1. The van der Waals surface area contributed by atoms with Crippen molar-refractivity contribution in [3.8, 4) is 11.9 Å². The molecule has 1 aromatic rings. The molecule has 0 amide bonds. The van der Waals surface area contributed by atoms with Crippen LogP contribution in [0.4, 0.5) is 0 Å². The molecule has 1 rings (SSSR count). The molecule has 0 saturated heterocycles. The predicted molar refractivity (Wildman–Crippen MR) is 33.1 cm³/mol. The van der Waals surface area contributed by atoms with Crippen molar-refractivity contribution in [1.82, 2.24) is 10.2 Å². The average Bonchev–Trinajstić information content (AvgIpc) is 1.95. The van der Waals surface area contributed by atoms with E-state index in [0.717, 1.165) is 0 Å². The highest BCUT2D eigenvalue weighted by atomic mass is 16.3. The lowest BCUT2D eigenvalue weighted by molar-refractivity contribution is 0.440. The van der Waals surface area contributed by atoms with E-state index in [1.807, 2.05) is 6.07 Å². The molecule has 4 nitrogen and oxygen atoms in total. The molecule has 0 fully saturated rings. The molecule has 0 bridgehead atoms. The van der Waals surface area contributed by atoms with E-state index in [-0.39, 0.29) is 11.6 Å². The summed E-state index contributed by atoms with van der Waals surface area (Å²) in [4.78, 5) is 0. The van der Waals surface area contributed by atoms with E-state index in [2.05, 4.69) is 10.2 Å². The smallest absolute Gasteiger partial charge is 0.233 e. The second-order valence-corrected chi connectivity index (χ2v) is 1.85. The quantitative estimate of drug-likeness (QED) is 0.557. The van der Waals surface area contributed by atoms with Gasteiger partial charge in [0.1, 0.15) is 6.07 Å². The largest absolute Gasteiger partial charge is 0.492 e. The Morgan fingerprint density at radius 1 is 1.60 bits per heavy atom. The van der Waals surface area contributed by atoms with Crippen LogP contribution in [0, 0.1) is 18.3 Å². The Labute approximate surface area is 57.8 Å². The summed E-state index contributed by atoms with van der Waals surface area (Å²) in [5.74, 6) is -0.126. The maximum atomic E-state index is 8.86. The minimum Gasteiger partial charge on any atom is -0.492 e. The first kappa shape index (κ1) is 6.49. The number of rotatable bonds is 0. The molecule has 50 valence electrons. The highest BCUT2D eigenvalue weighted by Crippen LogP contribution is 2.09. The monoisotopic (exact) mass is 135 g/mol. The van der Waals surface area contributed by atoms with Crippen LogP contribution in [-0.4, -0.2) is 15.3 Å². The second kappa shape index (κ2) is 2.31. The van der Waals surface area contributed by atoms with Gasteiger partial charge in [0, 0.05) is 5.56 Å². The molecule has 0 aromatic carbocycles. The van der Waals surface area contributed by atoms with Crippen LogP contribution in [0.2, 0.25) is 0 Å². The lowest BCUT2D eigenvalue weighted by Crippen LogP contribution is -1.88. The Morgan fingerprint density at radius 3 is 2.80 bits per heavy atom. The summed E-state index contributed by atoms with van der Waals surface area (Å²) < 4.78 is 0. The predicted octanol–water partition coefficient (Wildman–Crippen LogP) is 0.362. The maximum Gasteiger partial charge on any atom is 0.233 e. The Morgan fingerprint density at radius 2 is 2.30 bits per heavy atom. The topological polar surface area (TPSA) is 69.8 Å². The van der Waals surface area contributed by atoms with Crippen LogP contribution in [0.5, 0.6) is 5.88 Å². The van der Waals surface area contributed by atoms with Gasteiger partial charge in [-0.1, -0.05) is 0 Å². The first-order chi connectivity index (χ1) is 4.74. The maximum absolute atomic E-state index is 8.86. The number of nitriles is 1. The zero-order valence-corrected chi connectivity index (χ0v) is 5.37. The van der Waals surface area contributed by atoms with Gasteiger partial charge < -0.3 is 5.11 Å². The molecule has 1 N–H and O–H groups in total. The van der Waals surface area contributed by atoms with Crippen LogP contribution >= 0.6 is 0 Å². The number of nitrogens with zero attached hydrogens (tertiary/aromatic N) is 3. The van der Waals surface area contributed by atoms with Crippen LogP contribution in [0.1, 0.15) is 11.3 Å². The molecule has 0 radical (unpaired) electrons. The Balaban J connectivity index is 3.20. The first-order valence-corrected chi connectivity index (χ1v) is 2.67. The summed E-state index contributed by atoms with van der Waals surface area (Å²) in [6.45, 7) is 1.66. The molecular weight excluding hydrogens is 130 g/mol. The van der Waals surface area contributed by atoms with E-state index in [1.54, 1.807) is 6.92 Å². The van der Waals surface area contributed by atoms with Crippen LogP contribution in [0.25, 0.3) is 0 Å². The van der Waals surface area contributed by atoms with Crippen LogP contribution < -0.4 is 0 Å². The Kier molecular flexibility index (Phi) is 1.50. The zero-order chi connectivity index (χ0) is 7.56. The fourth-order valence-electron chi connectivity index (χ4n) is 0.533. The van der Waals surface area contributed by atoms with E-state index in [9.17, 15) is 0 Å². The van der Waals surface area contributed by atoms with E-state index >= 15 is 0 Å². The molecule has 0 spiro atoms. The minimum absolute atomic E-state index is 0.126. The minimum atomic E-state index is -0.126. The fourth-order valence-corrected chi connectivity index (χ4v) is 0.533. The number of hydrogen-bond donors (Lipinski definition) is 1. The lowest BCUT2D eigenvalue weighted by Gasteiger charge is -1.92. The summed E-state index contributed by atoms with van der Waals surface area (Å²) in [6.07, 6.45) is 0. The van der Waals surface area contributed by atoms with Gasteiger partial charge in [-0.05, 0) is 13.0 Å². The van der Waals surface area contributed by atoms with Gasteiger partial charge in [-0.3, -0.25) is 0 Å². The fraction of sp³-hybridized carbons (Fsp3) is 0.167. The zero-order valence-electron chi connectivity index (χ0n) is 5.37. The molecule has 1 heterocycles. The molecule has 4 heteroatoms. The van der Waals surface area contributed by atoms with Gasteiger partial charge in [-0.25, -0.2) is 0 Å². The Bertz CT molecular complexity index is 290. The van der Waals surface area contributed by atoms with Crippen LogP contribution in [-0.2, 0) is 0 Å². The van der Waals surface area contributed by atoms with Gasteiger partial charge in [0.2, 0.25) is 5.88 Å². The molecule has 0 atom stereocenters. The van der Waals surface area contributed by atoms with Crippen molar-refractivity contribution in [3.05, 3.63) is 17.3 Å². The van der Waals surface area contributed by atoms with Crippen molar-refractivity contribution < 1.29 is 5.11 Å². The molecule has 10 heavy (non-hydrogen) atoms. The molecule has 0 aliphatic rings. The summed E-state index contributed by atoms with van der Waals surface area (Å²) in [7, 11) is 0. The lowest BCUT2D eigenvalue weighted by atomic mass is 10.3. The van der Waals surface area contributed by atoms with Crippen molar-refractivity contribution in [1.29, 1.82) is 5.26 Å². The number of aromatic nitrogens is 2. The third-order valence-corrected chi connectivity index (χ3v) is 1.07. The van der Waals surface area contributed by atoms with E-state index < -0.39 is 0 Å². The van der Waals surface area contributed by atoms with Crippen LogP contribution in [0.15, 0.2) is 6.07 Å². The summed E-state index contributed by atoms with van der Waals surface area (Å²) in [5.41, 5.74) is 0.779. The van der Waals surface area contributed by atoms with Gasteiger partial charge in [-0.2, -0.15) is 5.26 Å². The molecular formula is C6H5N3O. The van der Waals surface area contributed by atoms with Gasteiger partial charge >= 0.3 is 0 Å². The van der Waals surface area contributed by atoms with Crippen molar-refractivity contribution >= 4 is 0 Å². The normalized spacial score (nSPS) is 8.80. The SMILES string of the molecule is Cc1cc(C#N)nnc1O. The van der Waals surface area contributed by atoms with Gasteiger partial charge in [0.05, 0.1) is 0 Å². The van der Waals surface area contributed by atoms with E-state index in [0.29, 0.717) is 5.56 Å². The van der Waals surface area contributed by atoms with Crippen LogP contribution in [0.3, 0.4) is 0 Å². The summed E-state index contributed by atoms with van der Waals surface area (Å²) >= 11 is 0. The Hall–Kier alpha value is -1.63. The molecule has 0 aliphatic heterocycles. The third-order valence-electron chi connectivity index (χ3n) is 1.07. The van der Waals surface area contributed by atoms with Crippen molar-refractivity contribution in [3.63, 3.8) is 0 Å². The first-order valence-electron chi connectivity index (χ1n) is 2.67. The highest BCUT2D eigenvalue weighted by Gasteiger charge is 1.98. The van der Waals surface area contributed by atoms with Crippen molar-refractivity contribution in [2.75, 3.05) is 0 Å². The summed E-state index contributed by atoms with van der Waals surface area (Å²) in [6, 6.07) is 3.28. The highest BCUT2D eigenvalue weighted by molar-refractivity contribution is 5.28. The molecule has 1 aromatic heterocycles. The van der Waals surface area contributed by atoms with Gasteiger partial charge in [0.15, 0.2) is 5.69 Å². The van der Waals surface area contributed by atoms with E-state index in [1.165, 1.54) is 6.07 Å². The van der Waals surface area contributed by atoms with E-state index in [4.69, 9.17) is 10.4 Å².